The highest BCUT2D eigenvalue weighted by atomic mass is 32.1. The lowest BCUT2D eigenvalue weighted by atomic mass is 10.2. The van der Waals surface area contributed by atoms with Crippen LogP contribution in [0.25, 0.3) is 11.5 Å². The van der Waals surface area contributed by atoms with Crippen molar-refractivity contribution < 1.29 is 4.42 Å². The predicted octanol–water partition coefficient (Wildman–Crippen LogP) is 1.29. The summed E-state index contributed by atoms with van der Waals surface area (Å²) in [5.41, 5.74) is 1.57. The molecule has 18 heavy (non-hydrogen) atoms. The van der Waals surface area contributed by atoms with E-state index in [-0.39, 0.29) is 5.89 Å². The normalized spacial score (nSPS) is 10.1. The maximum Gasteiger partial charge on any atom is 0.434 e. The Labute approximate surface area is 109 Å². The third-order valence-electron chi connectivity index (χ3n) is 2.23. The standard InChI is InChI=1S/C11H12N4O2S/c1-15(2)10(18)12-8-5-3-7(4-6-8)9-13-14-11(16)17-9/h3-6H,1-2H3,(H,12,18)(H,14,16). The largest absolute Gasteiger partial charge is 0.434 e. The predicted molar refractivity (Wildman–Crippen MR) is 72.5 cm³/mol. The van der Waals surface area contributed by atoms with Crippen molar-refractivity contribution in [2.24, 2.45) is 0 Å². The molecule has 1 aromatic heterocycles. The topological polar surface area (TPSA) is 74.2 Å². The molecule has 0 bridgehead atoms. The molecule has 1 aromatic carbocycles. The van der Waals surface area contributed by atoms with Gasteiger partial charge in [0, 0.05) is 25.3 Å². The van der Waals surface area contributed by atoms with Crippen LogP contribution in [0.2, 0.25) is 0 Å². The summed E-state index contributed by atoms with van der Waals surface area (Å²) in [6.45, 7) is 0. The third-order valence-corrected chi connectivity index (χ3v) is 2.69. The molecule has 0 aliphatic carbocycles. The summed E-state index contributed by atoms with van der Waals surface area (Å²) in [5, 5.41) is 9.64. The Kier molecular flexibility index (Phi) is 3.42. The fourth-order valence-corrected chi connectivity index (χ4v) is 1.40. The highest BCUT2D eigenvalue weighted by Gasteiger charge is 2.05. The minimum absolute atomic E-state index is 0.265. The fraction of sp³-hybridized carbons (Fsp3) is 0.182. The Balaban J connectivity index is 2.15. The number of H-pyrrole nitrogens is 1. The smallest absolute Gasteiger partial charge is 0.388 e. The molecule has 1 heterocycles. The molecule has 2 N–H and O–H groups in total. The summed E-state index contributed by atoms with van der Waals surface area (Å²) in [6, 6.07) is 7.25. The van der Waals surface area contributed by atoms with E-state index in [1.807, 2.05) is 26.2 Å². The Hall–Kier alpha value is -2.15. The van der Waals surface area contributed by atoms with Crippen LogP contribution in [0.1, 0.15) is 0 Å². The Morgan fingerprint density at radius 3 is 2.56 bits per heavy atom. The van der Waals surface area contributed by atoms with Crippen molar-refractivity contribution in [2.45, 2.75) is 0 Å². The fourth-order valence-electron chi connectivity index (χ4n) is 1.28. The van der Waals surface area contributed by atoms with Gasteiger partial charge in [0.1, 0.15) is 0 Å². The average Bonchev–Trinajstić information content (AvgIpc) is 2.76. The molecule has 7 heteroatoms. The Morgan fingerprint density at radius 2 is 2.06 bits per heavy atom. The zero-order valence-electron chi connectivity index (χ0n) is 9.93. The van der Waals surface area contributed by atoms with Gasteiger partial charge in [-0.2, -0.15) is 0 Å². The lowest BCUT2D eigenvalue weighted by Crippen LogP contribution is -2.26. The SMILES string of the molecule is CN(C)C(=S)Nc1ccc(-c2n[nH]c(=O)o2)cc1. The van der Waals surface area contributed by atoms with E-state index in [0.29, 0.717) is 5.11 Å². The molecule has 6 nitrogen and oxygen atoms in total. The minimum atomic E-state index is -0.569. The molecule has 0 aliphatic heterocycles. The number of nitrogens with one attached hydrogen (secondary N) is 2. The highest BCUT2D eigenvalue weighted by molar-refractivity contribution is 7.80. The van der Waals surface area contributed by atoms with Crippen LogP contribution in [0, 0.1) is 0 Å². The highest BCUT2D eigenvalue weighted by Crippen LogP contribution is 2.18. The molecule has 0 radical (unpaired) electrons. The third kappa shape index (κ3) is 2.75. The molecule has 0 unspecified atom stereocenters. The van der Waals surface area contributed by atoms with E-state index in [0.717, 1.165) is 11.3 Å². The summed E-state index contributed by atoms with van der Waals surface area (Å²) >= 11 is 5.13. The van der Waals surface area contributed by atoms with E-state index in [1.165, 1.54) is 0 Å². The average molecular weight is 264 g/mol. The van der Waals surface area contributed by atoms with Gasteiger partial charge in [-0.3, -0.25) is 0 Å². The summed E-state index contributed by atoms with van der Waals surface area (Å²) in [7, 11) is 3.73. The molecule has 0 atom stereocenters. The number of rotatable bonds is 2. The summed E-state index contributed by atoms with van der Waals surface area (Å²) < 4.78 is 4.85. The van der Waals surface area contributed by atoms with Gasteiger partial charge in [0.15, 0.2) is 5.11 Å². The van der Waals surface area contributed by atoms with Crippen LogP contribution in [0.4, 0.5) is 5.69 Å². The molecule has 2 aromatic rings. The molecule has 0 saturated heterocycles. The molecule has 94 valence electrons. The molecular formula is C11H12N4O2S. The number of anilines is 1. The van der Waals surface area contributed by atoms with Gasteiger partial charge in [-0.15, -0.1) is 5.10 Å². The van der Waals surface area contributed by atoms with Crippen molar-refractivity contribution >= 4 is 23.0 Å². The molecular weight excluding hydrogens is 252 g/mol. The maximum absolute atomic E-state index is 10.8. The first-order valence-electron chi connectivity index (χ1n) is 5.20. The number of aromatic amines is 1. The number of nitrogens with zero attached hydrogens (tertiary/aromatic N) is 2. The number of hydrogen-bond donors (Lipinski definition) is 2. The van der Waals surface area contributed by atoms with Gasteiger partial charge in [0.25, 0.3) is 0 Å². The summed E-state index contributed by atoms with van der Waals surface area (Å²) in [5.74, 6) is -0.303. The molecule has 0 spiro atoms. The van der Waals surface area contributed by atoms with Gasteiger partial charge < -0.3 is 14.6 Å². The number of thiocarbonyl (C=S) groups is 1. The first-order valence-corrected chi connectivity index (χ1v) is 5.61. The van der Waals surface area contributed by atoms with Crippen LogP contribution >= 0.6 is 12.2 Å². The van der Waals surface area contributed by atoms with Gasteiger partial charge in [-0.05, 0) is 36.5 Å². The molecule has 2 rings (SSSR count). The first-order chi connectivity index (χ1) is 8.56. The van der Waals surface area contributed by atoms with Gasteiger partial charge in [-0.25, -0.2) is 9.89 Å². The van der Waals surface area contributed by atoms with Crippen molar-refractivity contribution in [3.63, 3.8) is 0 Å². The second-order valence-electron chi connectivity index (χ2n) is 3.82. The van der Waals surface area contributed by atoms with Crippen molar-refractivity contribution in [3.05, 3.63) is 34.8 Å². The van der Waals surface area contributed by atoms with E-state index in [2.05, 4.69) is 15.5 Å². The van der Waals surface area contributed by atoms with Gasteiger partial charge in [0.2, 0.25) is 5.89 Å². The summed E-state index contributed by atoms with van der Waals surface area (Å²) in [6.07, 6.45) is 0. The minimum Gasteiger partial charge on any atom is -0.388 e. The summed E-state index contributed by atoms with van der Waals surface area (Å²) in [4.78, 5) is 12.6. The van der Waals surface area contributed by atoms with E-state index >= 15 is 0 Å². The first kappa shape index (κ1) is 12.3. The van der Waals surface area contributed by atoms with Crippen LogP contribution < -0.4 is 11.1 Å². The van der Waals surface area contributed by atoms with Crippen molar-refractivity contribution in [1.82, 2.24) is 15.1 Å². The van der Waals surface area contributed by atoms with Gasteiger partial charge in [0.05, 0.1) is 0 Å². The molecule has 0 saturated carbocycles. The van der Waals surface area contributed by atoms with Gasteiger partial charge >= 0.3 is 5.76 Å². The van der Waals surface area contributed by atoms with E-state index < -0.39 is 5.76 Å². The van der Waals surface area contributed by atoms with E-state index in [4.69, 9.17) is 16.6 Å². The Bertz CT molecular complexity index is 600. The second kappa shape index (κ2) is 5.01. The molecule has 0 fully saturated rings. The van der Waals surface area contributed by atoms with E-state index in [1.54, 1.807) is 17.0 Å². The lowest BCUT2D eigenvalue weighted by molar-refractivity contribution is 0.527. The zero-order valence-corrected chi connectivity index (χ0v) is 10.7. The van der Waals surface area contributed by atoms with Crippen molar-refractivity contribution in [2.75, 3.05) is 19.4 Å². The quantitative estimate of drug-likeness (QED) is 0.796. The zero-order chi connectivity index (χ0) is 13.1. The van der Waals surface area contributed by atoms with Crippen LogP contribution in [0.3, 0.4) is 0 Å². The Morgan fingerprint density at radius 1 is 1.39 bits per heavy atom. The number of aromatic nitrogens is 2. The molecule has 0 aliphatic rings. The lowest BCUT2D eigenvalue weighted by Gasteiger charge is -2.15. The molecule has 0 amide bonds. The van der Waals surface area contributed by atoms with Crippen LogP contribution in [0.15, 0.2) is 33.5 Å². The van der Waals surface area contributed by atoms with Crippen molar-refractivity contribution in [1.29, 1.82) is 0 Å². The van der Waals surface area contributed by atoms with Gasteiger partial charge in [-0.1, -0.05) is 0 Å². The number of benzene rings is 1. The number of hydrogen-bond acceptors (Lipinski definition) is 4. The maximum atomic E-state index is 10.8. The van der Waals surface area contributed by atoms with Crippen LogP contribution in [0.5, 0.6) is 0 Å². The van der Waals surface area contributed by atoms with Crippen LogP contribution in [-0.4, -0.2) is 34.3 Å². The second-order valence-corrected chi connectivity index (χ2v) is 4.21. The monoisotopic (exact) mass is 264 g/mol. The van der Waals surface area contributed by atoms with Crippen molar-refractivity contribution in [3.8, 4) is 11.5 Å². The van der Waals surface area contributed by atoms with Crippen LogP contribution in [-0.2, 0) is 0 Å². The van der Waals surface area contributed by atoms with E-state index in [9.17, 15) is 4.79 Å².